The van der Waals surface area contributed by atoms with E-state index >= 15 is 0 Å². The number of fused-ring (bicyclic) bond motifs is 2. The van der Waals surface area contributed by atoms with Crippen molar-refractivity contribution < 1.29 is 12.8 Å². The van der Waals surface area contributed by atoms with Gasteiger partial charge in [0.05, 0.1) is 18.0 Å². The van der Waals surface area contributed by atoms with E-state index in [0.29, 0.717) is 12.8 Å². The molecule has 1 aliphatic rings. The molecule has 118 valence electrons. The van der Waals surface area contributed by atoms with E-state index in [2.05, 4.69) is 0 Å². The van der Waals surface area contributed by atoms with Crippen molar-refractivity contribution in [1.82, 2.24) is 0 Å². The van der Waals surface area contributed by atoms with Crippen LogP contribution in [-0.2, 0) is 22.9 Å². The Morgan fingerprint density at radius 3 is 2.65 bits per heavy atom. The van der Waals surface area contributed by atoms with Crippen molar-refractivity contribution in [3.05, 3.63) is 65.9 Å². The van der Waals surface area contributed by atoms with Crippen molar-refractivity contribution >= 4 is 26.7 Å². The van der Waals surface area contributed by atoms with E-state index in [0.717, 1.165) is 28.0 Å². The lowest BCUT2D eigenvalue weighted by molar-refractivity contribution is 0.515. The molecule has 1 aliphatic heterocycles. The molecule has 0 radical (unpaired) electrons. The van der Waals surface area contributed by atoms with Gasteiger partial charge in [-0.1, -0.05) is 36.4 Å². The standard InChI is InChI=1S/C18H17NO3S/c1-23(20,21)19-15(10-13-6-2-4-8-17(13)19)12-16-11-14-7-3-5-9-18(14)22-16/h2-9,11,15H,10,12H2,1H3/t15-/m0/s1. The van der Waals surface area contributed by atoms with Gasteiger partial charge in [-0.25, -0.2) is 8.42 Å². The second-order valence-corrected chi connectivity index (χ2v) is 7.86. The SMILES string of the molecule is CS(=O)(=O)N1c2ccccc2C[C@H]1Cc1cc2ccccc2o1. The number of hydrogen-bond donors (Lipinski definition) is 0. The first-order valence-electron chi connectivity index (χ1n) is 7.57. The summed E-state index contributed by atoms with van der Waals surface area (Å²) in [4.78, 5) is 0. The lowest BCUT2D eigenvalue weighted by Crippen LogP contribution is -2.38. The van der Waals surface area contributed by atoms with Crippen molar-refractivity contribution in [2.24, 2.45) is 0 Å². The molecule has 0 fully saturated rings. The molecule has 0 bridgehead atoms. The fourth-order valence-electron chi connectivity index (χ4n) is 3.41. The van der Waals surface area contributed by atoms with Gasteiger partial charge < -0.3 is 4.42 Å². The van der Waals surface area contributed by atoms with Gasteiger partial charge in [0.1, 0.15) is 11.3 Å². The van der Waals surface area contributed by atoms with Gasteiger partial charge in [-0.2, -0.15) is 0 Å². The van der Waals surface area contributed by atoms with E-state index in [9.17, 15) is 8.42 Å². The summed E-state index contributed by atoms with van der Waals surface area (Å²) in [5, 5.41) is 1.05. The average Bonchev–Trinajstić information content (AvgIpc) is 3.06. The first kappa shape index (κ1) is 14.3. The maximum absolute atomic E-state index is 12.3. The minimum Gasteiger partial charge on any atom is -0.461 e. The molecule has 1 atom stereocenters. The van der Waals surface area contributed by atoms with Crippen LogP contribution >= 0.6 is 0 Å². The normalized spacial score (nSPS) is 17.6. The molecule has 0 saturated carbocycles. The maximum atomic E-state index is 12.3. The zero-order valence-corrected chi connectivity index (χ0v) is 13.6. The average molecular weight is 327 g/mol. The second-order valence-electron chi connectivity index (χ2n) is 6.00. The first-order chi connectivity index (χ1) is 11.0. The van der Waals surface area contributed by atoms with Gasteiger partial charge in [0.25, 0.3) is 0 Å². The molecule has 3 aromatic rings. The van der Waals surface area contributed by atoms with Crippen LogP contribution in [0.1, 0.15) is 11.3 Å². The third-order valence-electron chi connectivity index (χ3n) is 4.29. The van der Waals surface area contributed by atoms with Crippen LogP contribution in [-0.4, -0.2) is 20.7 Å². The predicted octanol–water partition coefficient (Wildman–Crippen LogP) is 3.37. The number of furan rings is 1. The molecule has 0 N–H and O–H groups in total. The summed E-state index contributed by atoms with van der Waals surface area (Å²) in [6.07, 6.45) is 2.54. The highest BCUT2D eigenvalue weighted by molar-refractivity contribution is 7.92. The van der Waals surface area contributed by atoms with E-state index in [-0.39, 0.29) is 6.04 Å². The summed E-state index contributed by atoms with van der Waals surface area (Å²) >= 11 is 0. The van der Waals surface area contributed by atoms with Crippen LogP contribution in [0.3, 0.4) is 0 Å². The quantitative estimate of drug-likeness (QED) is 0.741. The van der Waals surface area contributed by atoms with Crippen LogP contribution in [0, 0.1) is 0 Å². The summed E-state index contributed by atoms with van der Waals surface area (Å²) in [5.74, 6) is 0.817. The van der Waals surface area contributed by atoms with Crippen LogP contribution in [0.15, 0.2) is 59.0 Å². The number of benzene rings is 2. The van der Waals surface area contributed by atoms with Crippen LogP contribution in [0.2, 0.25) is 0 Å². The summed E-state index contributed by atoms with van der Waals surface area (Å²) in [6, 6.07) is 17.4. The van der Waals surface area contributed by atoms with Crippen molar-refractivity contribution in [3.63, 3.8) is 0 Å². The number of nitrogens with zero attached hydrogens (tertiary/aromatic N) is 1. The monoisotopic (exact) mass is 327 g/mol. The number of sulfonamides is 1. The molecule has 2 heterocycles. The number of hydrogen-bond acceptors (Lipinski definition) is 3. The molecular formula is C18H17NO3S. The van der Waals surface area contributed by atoms with E-state index < -0.39 is 10.0 Å². The van der Waals surface area contributed by atoms with Crippen molar-refractivity contribution in [3.8, 4) is 0 Å². The van der Waals surface area contributed by atoms with E-state index in [1.165, 1.54) is 10.6 Å². The molecule has 23 heavy (non-hydrogen) atoms. The highest BCUT2D eigenvalue weighted by Crippen LogP contribution is 2.36. The van der Waals surface area contributed by atoms with Crippen molar-refractivity contribution in [1.29, 1.82) is 0 Å². The molecule has 0 unspecified atom stereocenters. The lowest BCUT2D eigenvalue weighted by atomic mass is 10.1. The maximum Gasteiger partial charge on any atom is 0.232 e. The fourth-order valence-corrected chi connectivity index (χ4v) is 4.63. The molecular weight excluding hydrogens is 310 g/mol. The van der Waals surface area contributed by atoms with Crippen LogP contribution in [0.25, 0.3) is 11.0 Å². The Kier molecular flexibility index (Phi) is 3.20. The number of para-hydroxylation sites is 2. The molecule has 2 aromatic carbocycles. The summed E-state index contributed by atoms with van der Waals surface area (Å²) in [5.41, 5.74) is 2.69. The minimum atomic E-state index is -3.32. The fraction of sp³-hybridized carbons (Fsp3) is 0.222. The van der Waals surface area contributed by atoms with Gasteiger partial charge in [-0.05, 0) is 30.2 Å². The second kappa shape index (κ2) is 5.13. The Hall–Kier alpha value is -2.27. The topological polar surface area (TPSA) is 50.5 Å². The van der Waals surface area contributed by atoms with Gasteiger partial charge in [0.15, 0.2) is 0 Å². The Morgan fingerprint density at radius 2 is 1.87 bits per heavy atom. The van der Waals surface area contributed by atoms with Gasteiger partial charge in [-0.3, -0.25) is 4.31 Å². The number of rotatable bonds is 3. The Bertz CT molecular complexity index is 942. The zero-order valence-electron chi connectivity index (χ0n) is 12.8. The molecule has 4 nitrogen and oxygen atoms in total. The van der Waals surface area contributed by atoms with Crippen LogP contribution in [0.4, 0.5) is 5.69 Å². The van der Waals surface area contributed by atoms with Crippen molar-refractivity contribution in [2.45, 2.75) is 18.9 Å². The Labute approximate surface area is 135 Å². The third-order valence-corrected chi connectivity index (χ3v) is 5.50. The first-order valence-corrected chi connectivity index (χ1v) is 9.42. The van der Waals surface area contributed by atoms with Crippen molar-refractivity contribution in [2.75, 3.05) is 10.6 Å². The third kappa shape index (κ3) is 2.51. The summed E-state index contributed by atoms with van der Waals surface area (Å²) in [6.45, 7) is 0. The van der Waals surface area contributed by atoms with E-state index in [1.807, 2.05) is 54.6 Å². The van der Waals surface area contributed by atoms with E-state index in [1.54, 1.807) is 0 Å². The minimum absolute atomic E-state index is 0.136. The summed E-state index contributed by atoms with van der Waals surface area (Å²) < 4.78 is 31.9. The van der Waals surface area contributed by atoms with Gasteiger partial charge in [0, 0.05) is 11.8 Å². The molecule has 0 amide bonds. The molecule has 4 rings (SSSR count). The molecule has 0 aliphatic carbocycles. The largest absolute Gasteiger partial charge is 0.461 e. The van der Waals surface area contributed by atoms with Crippen LogP contribution in [0.5, 0.6) is 0 Å². The smallest absolute Gasteiger partial charge is 0.232 e. The van der Waals surface area contributed by atoms with Gasteiger partial charge in [0.2, 0.25) is 10.0 Å². The molecule has 1 aromatic heterocycles. The molecule has 0 spiro atoms. The number of anilines is 1. The highest BCUT2D eigenvalue weighted by Gasteiger charge is 2.35. The Balaban J connectivity index is 1.71. The van der Waals surface area contributed by atoms with E-state index in [4.69, 9.17) is 4.42 Å². The Morgan fingerprint density at radius 1 is 1.13 bits per heavy atom. The lowest BCUT2D eigenvalue weighted by Gasteiger charge is -2.24. The highest BCUT2D eigenvalue weighted by atomic mass is 32.2. The molecule has 0 saturated heterocycles. The zero-order chi connectivity index (χ0) is 16.0. The van der Waals surface area contributed by atoms with Gasteiger partial charge in [-0.15, -0.1) is 0 Å². The van der Waals surface area contributed by atoms with Crippen LogP contribution < -0.4 is 4.31 Å². The summed E-state index contributed by atoms with van der Waals surface area (Å²) in [7, 11) is -3.32. The molecule has 5 heteroatoms. The predicted molar refractivity (Wildman–Crippen MR) is 91.2 cm³/mol. The van der Waals surface area contributed by atoms with Gasteiger partial charge >= 0.3 is 0 Å².